The van der Waals surface area contributed by atoms with Gasteiger partial charge in [-0.25, -0.2) is 4.79 Å². The number of nitrogens with one attached hydrogen (secondary N) is 2. The molecule has 0 saturated heterocycles. The Morgan fingerprint density at radius 1 is 1.30 bits per heavy atom. The van der Waals surface area contributed by atoms with Gasteiger partial charge in [-0.1, -0.05) is 6.07 Å². The van der Waals surface area contributed by atoms with E-state index in [4.69, 9.17) is 4.42 Å². The van der Waals surface area contributed by atoms with Crippen LogP contribution in [0.5, 0.6) is 0 Å². The predicted molar refractivity (Wildman–Crippen MR) is 110 cm³/mol. The quantitative estimate of drug-likeness (QED) is 0.293. The summed E-state index contributed by atoms with van der Waals surface area (Å²) in [7, 11) is 0. The SMILES string of the molecule is CSCCC(NC(=O)C(=Cc1ccco1)NC(=O)c1cccc([N+](=O)[O-])c1)C(=O)O. The van der Waals surface area contributed by atoms with E-state index in [1.54, 1.807) is 6.07 Å². The van der Waals surface area contributed by atoms with E-state index in [0.717, 1.165) is 6.07 Å². The highest BCUT2D eigenvalue weighted by molar-refractivity contribution is 7.98. The van der Waals surface area contributed by atoms with E-state index < -0.39 is 28.7 Å². The first kappa shape index (κ1) is 22.7. The standard InChI is InChI=1S/C19H19N3O7S/c1-30-9-7-15(19(25)26)20-18(24)16(11-14-6-3-8-29-14)21-17(23)12-4-2-5-13(10-12)22(27)28/h2-6,8,10-11,15H,7,9H2,1H3,(H,20,24)(H,21,23)(H,25,26). The first-order chi connectivity index (χ1) is 14.3. The number of thioether (sulfide) groups is 1. The number of amides is 2. The average Bonchev–Trinajstić information content (AvgIpc) is 3.23. The summed E-state index contributed by atoms with van der Waals surface area (Å²) in [4.78, 5) is 46.9. The van der Waals surface area contributed by atoms with Crippen LogP contribution in [0, 0.1) is 10.1 Å². The van der Waals surface area contributed by atoms with Crippen molar-refractivity contribution >= 4 is 41.3 Å². The Balaban J connectivity index is 2.26. The number of furan rings is 1. The molecule has 30 heavy (non-hydrogen) atoms. The number of carboxylic acids is 1. The molecule has 0 bridgehead atoms. The number of nitro groups is 1. The third-order valence-electron chi connectivity index (χ3n) is 3.86. The molecular formula is C19H19N3O7S. The van der Waals surface area contributed by atoms with E-state index >= 15 is 0 Å². The Hall–Kier alpha value is -3.60. The molecule has 2 rings (SSSR count). The van der Waals surface area contributed by atoms with Gasteiger partial charge in [0.2, 0.25) is 0 Å². The van der Waals surface area contributed by atoms with Gasteiger partial charge in [0.05, 0.1) is 11.2 Å². The molecule has 158 valence electrons. The number of carbonyl (C=O) groups is 3. The Morgan fingerprint density at radius 3 is 2.67 bits per heavy atom. The molecule has 0 fully saturated rings. The van der Waals surface area contributed by atoms with Crippen molar-refractivity contribution in [2.75, 3.05) is 12.0 Å². The lowest BCUT2D eigenvalue weighted by Crippen LogP contribution is -2.44. The number of non-ortho nitro benzene ring substituents is 1. The summed E-state index contributed by atoms with van der Waals surface area (Å²) in [6.45, 7) is 0. The summed E-state index contributed by atoms with van der Waals surface area (Å²) in [5.74, 6) is -2.06. The Morgan fingerprint density at radius 2 is 2.07 bits per heavy atom. The maximum atomic E-state index is 12.7. The minimum absolute atomic E-state index is 0.0421. The largest absolute Gasteiger partial charge is 0.480 e. The van der Waals surface area contributed by atoms with E-state index in [1.165, 1.54) is 48.4 Å². The highest BCUT2D eigenvalue weighted by Crippen LogP contribution is 2.14. The Bertz CT molecular complexity index is 957. The number of benzene rings is 1. The Kier molecular flexibility index (Phi) is 8.18. The van der Waals surface area contributed by atoms with Gasteiger partial charge in [-0.3, -0.25) is 19.7 Å². The molecule has 10 nitrogen and oxygen atoms in total. The highest BCUT2D eigenvalue weighted by atomic mass is 32.2. The summed E-state index contributed by atoms with van der Waals surface area (Å²) in [5.41, 5.74) is -0.594. The van der Waals surface area contributed by atoms with Crippen LogP contribution in [0.3, 0.4) is 0 Å². The van der Waals surface area contributed by atoms with Crippen molar-refractivity contribution in [3.05, 3.63) is 69.8 Å². The molecule has 11 heteroatoms. The van der Waals surface area contributed by atoms with E-state index in [-0.39, 0.29) is 29.1 Å². The Labute approximate surface area is 175 Å². The fourth-order valence-corrected chi connectivity index (χ4v) is 2.83. The summed E-state index contributed by atoms with van der Waals surface area (Å²) in [6, 6.07) is 6.94. The molecule has 0 aliphatic rings. The average molecular weight is 433 g/mol. The van der Waals surface area contributed by atoms with Crippen LogP contribution in [0.2, 0.25) is 0 Å². The lowest BCUT2D eigenvalue weighted by molar-refractivity contribution is -0.384. The topological polar surface area (TPSA) is 152 Å². The van der Waals surface area contributed by atoms with Crippen molar-refractivity contribution in [2.45, 2.75) is 12.5 Å². The molecule has 1 aromatic carbocycles. The summed E-state index contributed by atoms with van der Waals surface area (Å²) in [5, 5.41) is 25.0. The van der Waals surface area contributed by atoms with Crippen LogP contribution >= 0.6 is 11.8 Å². The number of nitro benzene ring substituents is 1. The van der Waals surface area contributed by atoms with Crippen molar-refractivity contribution in [1.82, 2.24) is 10.6 Å². The third kappa shape index (κ3) is 6.48. The molecule has 0 aliphatic heterocycles. The zero-order valence-corrected chi connectivity index (χ0v) is 16.7. The number of carboxylic acid groups (broad SMARTS) is 1. The second-order valence-corrected chi connectivity index (χ2v) is 6.97. The molecule has 1 heterocycles. The number of hydrogen-bond acceptors (Lipinski definition) is 7. The second-order valence-electron chi connectivity index (χ2n) is 5.98. The van der Waals surface area contributed by atoms with Crippen LogP contribution in [0.1, 0.15) is 22.5 Å². The highest BCUT2D eigenvalue weighted by Gasteiger charge is 2.23. The van der Waals surface area contributed by atoms with E-state index in [2.05, 4.69) is 10.6 Å². The number of aliphatic carboxylic acids is 1. The molecule has 0 spiro atoms. The van der Waals surface area contributed by atoms with Gasteiger partial charge in [0.15, 0.2) is 0 Å². The fourth-order valence-electron chi connectivity index (χ4n) is 2.36. The molecule has 1 atom stereocenters. The molecular weight excluding hydrogens is 414 g/mol. The lowest BCUT2D eigenvalue weighted by atomic mass is 10.1. The molecule has 1 unspecified atom stereocenters. The van der Waals surface area contributed by atoms with Gasteiger partial charge >= 0.3 is 5.97 Å². The van der Waals surface area contributed by atoms with Crippen molar-refractivity contribution in [1.29, 1.82) is 0 Å². The molecule has 0 saturated carbocycles. The van der Waals surface area contributed by atoms with Crippen molar-refractivity contribution in [3.8, 4) is 0 Å². The van der Waals surface area contributed by atoms with Crippen LogP contribution in [-0.4, -0.2) is 45.9 Å². The normalized spacial score (nSPS) is 12.1. The zero-order valence-electron chi connectivity index (χ0n) is 15.9. The first-order valence-electron chi connectivity index (χ1n) is 8.65. The molecule has 1 aromatic heterocycles. The van der Waals surface area contributed by atoms with Crippen molar-refractivity contribution in [3.63, 3.8) is 0 Å². The van der Waals surface area contributed by atoms with Gasteiger partial charge in [-0.05, 0) is 36.6 Å². The van der Waals surface area contributed by atoms with Crippen LogP contribution in [-0.2, 0) is 9.59 Å². The van der Waals surface area contributed by atoms with Crippen LogP contribution in [0.4, 0.5) is 5.69 Å². The minimum Gasteiger partial charge on any atom is -0.480 e. The minimum atomic E-state index is -1.21. The van der Waals surface area contributed by atoms with Gasteiger partial charge in [-0.15, -0.1) is 0 Å². The fraction of sp³-hybridized carbons (Fsp3) is 0.211. The zero-order chi connectivity index (χ0) is 22.1. The predicted octanol–water partition coefficient (Wildman–Crippen LogP) is 2.28. The van der Waals surface area contributed by atoms with Crippen molar-refractivity contribution in [2.24, 2.45) is 0 Å². The van der Waals surface area contributed by atoms with Gasteiger partial charge in [-0.2, -0.15) is 11.8 Å². The van der Waals surface area contributed by atoms with Gasteiger partial charge in [0, 0.05) is 23.8 Å². The molecule has 3 N–H and O–H groups in total. The number of nitrogens with zero attached hydrogens (tertiary/aromatic N) is 1. The third-order valence-corrected chi connectivity index (χ3v) is 4.50. The van der Waals surface area contributed by atoms with E-state index in [0.29, 0.717) is 5.75 Å². The first-order valence-corrected chi connectivity index (χ1v) is 10.0. The second kappa shape index (κ2) is 10.8. The molecule has 0 aliphatic carbocycles. The van der Waals surface area contributed by atoms with Crippen LogP contribution in [0.25, 0.3) is 6.08 Å². The monoisotopic (exact) mass is 433 g/mol. The smallest absolute Gasteiger partial charge is 0.326 e. The molecule has 0 radical (unpaired) electrons. The van der Waals surface area contributed by atoms with Crippen LogP contribution < -0.4 is 10.6 Å². The summed E-state index contributed by atoms with van der Waals surface area (Å²) < 4.78 is 5.15. The number of rotatable bonds is 10. The molecule has 2 amide bonds. The van der Waals surface area contributed by atoms with E-state index in [1.807, 2.05) is 6.26 Å². The van der Waals surface area contributed by atoms with Crippen LogP contribution in [0.15, 0.2) is 52.8 Å². The van der Waals surface area contributed by atoms with E-state index in [9.17, 15) is 29.6 Å². The lowest BCUT2D eigenvalue weighted by Gasteiger charge is -2.16. The summed E-state index contributed by atoms with van der Waals surface area (Å²) in [6.07, 6.45) is 4.59. The number of hydrogen-bond donors (Lipinski definition) is 3. The maximum absolute atomic E-state index is 12.7. The van der Waals surface area contributed by atoms with Gasteiger partial charge in [0.1, 0.15) is 17.5 Å². The number of carbonyl (C=O) groups excluding carboxylic acids is 2. The maximum Gasteiger partial charge on any atom is 0.326 e. The van der Waals surface area contributed by atoms with Gasteiger partial charge in [0.25, 0.3) is 17.5 Å². The van der Waals surface area contributed by atoms with Gasteiger partial charge < -0.3 is 20.2 Å². The molecule has 2 aromatic rings. The van der Waals surface area contributed by atoms with Crippen molar-refractivity contribution < 1.29 is 28.8 Å². The summed E-state index contributed by atoms with van der Waals surface area (Å²) >= 11 is 1.43.